The van der Waals surface area contributed by atoms with E-state index in [0.29, 0.717) is 55.8 Å². The highest BCUT2D eigenvalue weighted by atomic mass is 32.2. The molecule has 2 aliphatic carbocycles. The fraction of sp³-hybridized carbons (Fsp3) is 0.561. The lowest BCUT2D eigenvalue weighted by molar-refractivity contribution is -0.125. The molecule has 5 amide bonds. The maximum Gasteiger partial charge on any atom is 0.351 e. The lowest BCUT2D eigenvalue weighted by atomic mass is 9.82. The summed E-state index contributed by atoms with van der Waals surface area (Å²) in [4.78, 5) is 72.7. The molecule has 1 aromatic heterocycles. The van der Waals surface area contributed by atoms with Crippen LogP contribution in [0.2, 0.25) is 0 Å². The van der Waals surface area contributed by atoms with Gasteiger partial charge in [-0.05, 0) is 126 Å². The third-order valence-electron chi connectivity index (χ3n) is 14.2. The number of hydrogen-bond donors (Lipinski definition) is 4. The fourth-order valence-electron chi connectivity index (χ4n) is 10.5. The number of urea groups is 1. The molecule has 3 atom stereocenters. The molecule has 75 heavy (non-hydrogen) atoms. The number of carbonyl (C=O) groups is 6. The summed E-state index contributed by atoms with van der Waals surface area (Å²) in [7, 11) is 2.99. The van der Waals surface area contributed by atoms with Gasteiger partial charge in [-0.3, -0.25) is 24.5 Å². The summed E-state index contributed by atoms with van der Waals surface area (Å²) in [5, 5.41) is 24.5. The molecule has 4 N–H and O–H groups in total. The highest BCUT2D eigenvalue weighted by Crippen LogP contribution is 2.46. The van der Waals surface area contributed by atoms with Crippen molar-refractivity contribution in [3.63, 3.8) is 0 Å². The van der Waals surface area contributed by atoms with E-state index < -0.39 is 5.97 Å². The molecule has 16 nitrogen and oxygen atoms in total. The smallest absolute Gasteiger partial charge is 0.351 e. The molecule has 3 aromatic rings. The van der Waals surface area contributed by atoms with Gasteiger partial charge in [-0.15, -0.1) is 11.3 Å². The summed E-state index contributed by atoms with van der Waals surface area (Å²) < 4.78 is 17.6. The van der Waals surface area contributed by atoms with E-state index >= 15 is 0 Å². The van der Waals surface area contributed by atoms with Gasteiger partial charge in [0.25, 0.3) is 5.91 Å². The SMILES string of the molecule is CC.CCCCC(=O)NC=O.CCOC.COC(=O)c1sc(C2CCCC(NC3CCN(SCC4=CC(NC(=O)N5CCC(c6ccc7c8c(cccc68)C(=O)N7)CC5)=CCC4)C(C)(C)C3)C2)c(C#N)c1OCC=O. The average Bonchev–Trinajstić information content (AvgIpc) is 3.97. The van der Waals surface area contributed by atoms with Crippen molar-refractivity contribution >= 4 is 76.3 Å². The van der Waals surface area contributed by atoms with Crippen molar-refractivity contribution in [2.45, 2.75) is 154 Å². The number of nitrogens with zero attached hydrogens (tertiary/aromatic N) is 3. The molecule has 8 rings (SSSR count). The van der Waals surface area contributed by atoms with Gasteiger partial charge < -0.3 is 35.1 Å². The van der Waals surface area contributed by atoms with E-state index in [2.05, 4.69) is 74.5 Å². The van der Waals surface area contributed by atoms with Crippen LogP contribution < -0.4 is 26.0 Å². The Labute approximate surface area is 452 Å². The Bertz CT molecular complexity index is 2540. The molecule has 2 saturated heterocycles. The lowest BCUT2D eigenvalue weighted by Crippen LogP contribution is -2.54. The van der Waals surface area contributed by atoms with Gasteiger partial charge in [0.15, 0.2) is 16.9 Å². The minimum absolute atomic E-state index is 0.0219. The van der Waals surface area contributed by atoms with E-state index in [9.17, 15) is 34.0 Å². The third-order valence-corrected chi connectivity index (χ3v) is 17.0. The van der Waals surface area contributed by atoms with Crippen LogP contribution in [0.5, 0.6) is 5.75 Å². The van der Waals surface area contributed by atoms with Gasteiger partial charge in [0, 0.05) is 90.4 Å². The topological polar surface area (TPSA) is 208 Å². The largest absolute Gasteiger partial charge is 0.483 e. The van der Waals surface area contributed by atoms with Gasteiger partial charge in [0.1, 0.15) is 18.2 Å². The lowest BCUT2D eigenvalue weighted by Gasteiger charge is -2.46. The summed E-state index contributed by atoms with van der Waals surface area (Å²) >= 11 is 3.15. The number of nitrogens with one attached hydrogen (secondary N) is 4. The number of carbonyl (C=O) groups excluding carboxylic acids is 6. The molecular weight excluding hydrogens is 991 g/mol. The number of allylic oxidation sites excluding steroid dienone is 2. The van der Waals surface area contributed by atoms with Crippen LogP contribution in [0.25, 0.3) is 10.8 Å². The molecule has 4 heterocycles. The van der Waals surface area contributed by atoms with E-state index in [4.69, 9.17) is 9.47 Å². The van der Waals surface area contributed by atoms with Crippen LogP contribution in [0, 0.1) is 11.3 Å². The van der Waals surface area contributed by atoms with Crippen molar-refractivity contribution in [1.29, 1.82) is 5.26 Å². The van der Waals surface area contributed by atoms with Gasteiger partial charge in [-0.1, -0.05) is 75.4 Å². The van der Waals surface area contributed by atoms with Crippen molar-refractivity contribution in [3.05, 3.63) is 80.2 Å². The molecule has 3 unspecified atom stereocenters. The van der Waals surface area contributed by atoms with Crippen LogP contribution in [0.1, 0.15) is 173 Å². The summed E-state index contributed by atoms with van der Waals surface area (Å²) in [6, 6.07) is 13.0. The molecular formula is C57H79N7O9S2. The Morgan fingerprint density at radius 1 is 1.00 bits per heavy atom. The molecule has 1 saturated carbocycles. The first-order valence-corrected chi connectivity index (χ1v) is 28.5. The zero-order chi connectivity index (χ0) is 54.5. The molecule has 3 aliphatic heterocycles. The minimum atomic E-state index is -0.558. The predicted molar refractivity (Wildman–Crippen MR) is 298 cm³/mol. The second kappa shape index (κ2) is 30.2. The average molecular weight is 1070 g/mol. The molecule has 3 fully saturated rings. The molecule has 2 aromatic carbocycles. The van der Waals surface area contributed by atoms with Gasteiger partial charge in [0.05, 0.1) is 7.11 Å². The van der Waals surface area contributed by atoms with Gasteiger partial charge in [-0.25, -0.2) is 13.9 Å². The number of benzene rings is 2. The number of nitriles is 1. The molecule has 5 aliphatic rings. The number of aldehydes is 1. The second-order valence-corrected chi connectivity index (χ2v) is 21.7. The number of thiophene rings is 1. The van der Waals surface area contributed by atoms with Gasteiger partial charge in [0.2, 0.25) is 12.3 Å². The maximum atomic E-state index is 13.5. The monoisotopic (exact) mass is 1070 g/mol. The Morgan fingerprint density at radius 2 is 1.76 bits per heavy atom. The highest BCUT2D eigenvalue weighted by molar-refractivity contribution is 7.97. The Balaban J connectivity index is 0.000000611. The molecule has 0 bridgehead atoms. The zero-order valence-corrected chi connectivity index (χ0v) is 46.9. The summed E-state index contributed by atoms with van der Waals surface area (Å²) in [6.07, 6.45) is 17.2. The maximum absolute atomic E-state index is 13.5. The number of imide groups is 1. The molecule has 0 radical (unpaired) electrons. The number of methoxy groups -OCH3 is 2. The normalized spacial score (nSPS) is 19.9. The van der Waals surface area contributed by atoms with Crippen LogP contribution in [-0.4, -0.2) is 116 Å². The van der Waals surface area contributed by atoms with Crippen molar-refractivity contribution in [3.8, 4) is 11.8 Å². The number of esters is 1. The zero-order valence-electron chi connectivity index (χ0n) is 45.3. The van der Waals surface area contributed by atoms with Crippen LogP contribution in [0.15, 0.2) is 53.8 Å². The predicted octanol–water partition coefficient (Wildman–Crippen LogP) is 10.5. The standard InChI is InChI=1S/C46H54N6O6S2.C6H11NO2.C3H8O.C2H6/c1-46(2)25-33(48-32-10-5-8-30(24-32)41-37(26-47)40(58-22-21-53)42(60-41)44(55)57-3)17-20-52(46)59-27-28-7-4-9-31(23-28)49-45(56)51-18-15-29(16-19-51)34-13-14-38-39-35(34)11-6-12-36(39)43(54)50-38;1-2-3-4-6(9)7-5-8;1-3-4-2;1-2/h6,9,11-14,21,23,29-30,32-33,48H,4-5,7-8,10,15-20,22,24-25,27H2,1-3H3,(H,49,56)(H,50,54);5H,2-4H2,1H3,(H,7,8,9);3H2,1-2H3;1-2H3. The van der Waals surface area contributed by atoms with Gasteiger partial charge >= 0.3 is 12.0 Å². The minimum Gasteiger partial charge on any atom is -0.483 e. The Kier molecular flexibility index (Phi) is 24.3. The van der Waals surface area contributed by atoms with E-state index in [0.717, 1.165) is 129 Å². The third kappa shape index (κ3) is 16.2. The fourth-order valence-corrected chi connectivity index (χ4v) is 12.9. The molecule has 0 spiro atoms. The Morgan fingerprint density at radius 3 is 2.43 bits per heavy atom. The van der Waals surface area contributed by atoms with Crippen LogP contribution >= 0.6 is 23.3 Å². The quantitative estimate of drug-likeness (QED) is 0.0564. The summed E-state index contributed by atoms with van der Waals surface area (Å²) in [6.45, 7) is 15.5. The van der Waals surface area contributed by atoms with Crippen LogP contribution in [-0.2, 0) is 23.9 Å². The van der Waals surface area contributed by atoms with E-state index in [1.54, 1.807) is 7.11 Å². The Hall–Kier alpha value is -5.58. The first-order valence-electron chi connectivity index (χ1n) is 26.7. The summed E-state index contributed by atoms with van der Waals surface area (Å²) in [5.74, 6) is 0.706. The van der Waals surface area contributed by atoms with Crippen molar-refractivity contribution in [1.82, 2.24) is 25.2 Å². The summed E-state index contributed by atoms with van der Waals surface area (Å²) in [5.41, 5.74) is 5.43. The van der Waals surface area contributed by atoms with Crippen molar-refractivity contribution < 1.29 is 43.0 Å². The van der Waals surface area contributed by atoms with Crippen molar-refractivity contribution in [2.24, 2.45) is 0 Å². The number of hydrogen-bond acceptors (Lipinski definition) is 14. The van der Waals surface area contributed by atoms with Gasteiger partial charge in [-0.2, -0.15) is 5.26 Å². The number of ether oxygens (including phenoxy) is 3. The number of likely N-dealkylation sites (tertiary alicyclic amines) is 1. The van der Waals surface area contributed by atoms with E-state index in [-0.39, 0.29) is 46.5 Å². The molecule has 18 heteroatoms. The van der Waals surface area contributed by atoms with E-state index in [1.165, 1.54) is 29.6 Å². The first-order chi connectivity index (χ1) is 36.3. The highest BCUT2D eigenvalue weighted by Gasteiger charge is 2.38. The molecule has 408 valence electrons. The van der Waals surface area contributed by atoms with E-state index in [1.807, 2.05) is 62.7 Å². The number of anilines is 1. The van der Waals surface area contributed by atoms with Crippen LogP contribution in [0.4, 0.5) is 10.5 Å². The number of amides is 5. The number of unbranched alkanes of at least 4 members (excludes halogenated alkanes) is 1. The van der Waals surface area contributed by atoms with Crippen molar-refractivity contribution in [2.75, 3.05) is 58.1 Å². The number of piperidine rings is 2. The first kappa shape index (κ1) is 60.3. The second-order valence-electron chi connectivity index (χ2n) is 19.6. The number of rotatable bonds is 17. The van der Waals surface area contributed by atoms with Crippen LogP contribution in [0.3, 0.4) is 0 Å².